The van der Waals surface area contributed by atoms with Gasteiger partial charge < -0.3 is 4.74 Å². The Bertz CT molecular complexity index is 547. The summed E-state index contributed by atoms with van der Waals surface area (Å²) >= 11 is 1.58. The quantitative estimate of drug-likeness (QED) is 0.673. The van der Waals surface area contributed by atoms with Gasteiger partial charge in [-0.1, -0.05) is 17.7 Å². The topological polar surface area (TPSA) is 50.7 Å². The van der Waals surface area contributed by atoms with Gasteiger partial charge in [0.25, 0.3) is 5.91 Å². The van der Waals surface area contributed by atoms with Gasteiger partial charge in [-0.15, -0.1) is 0 Å². The van der Waals surface area contributed by atoms with Gasteiger partial charge in [-0.05, 0) is 35.9 Å². The summed E-state index contributed by atoms with van der Waals surface area (Å²) in [5.74, 6) is 0.384. The van der Waals surface area contributed by atoms with E-state index in [1.165, 1.54) is 0 Å². The van der Waals surface area contributed by atoms with E-state index in [-0.39, 0.29) is 12.5 Å². The molecule has 0 fully saturated rings. The Morgan fingerprint density at radius 1 is 1.37 bits per heavy atom. The minimum Gasteiger partial charge on any atom is -0.484 e. The summed E-state index contributed by atoms with van der Waals surface area (Å²) in [5, 5.41) is 7.73. The normalized spacial score (nSPS) is 10.6. The van der Waals surface area contributed by atoms with E-state index in [1.807, 2.05) is 48.0 Å². The Morgan fingerprint density at radius 3 is 2.84 bits per heavy atom. The van der Waals surface area contributed by atoms with Crippen molar-refractivity contribution in [1.82, 2.24) is 5.43 Å². The average molecular weight is 274 g/mol. The molecule has 4 nitrogen and oxygen atoms in total. The number of amides is 1. The first-order chi connectivity index (χ1) is 9.24. The van der Waals surface area contributed by atoms with Crippen LogP contribution in [0, 0.1) is 6.92 Å². The van der Waals surface area contributed by atoms with Gasteiger partial charge in [0.05, 0.1) is 6.21 Å². The molecule has 0 saturated carbocycles. The van der Waals surface area contributed by atoms with E-state index in [0.717, 1.165) is 11.1 Å². The first-order valence-corrected chi connectivity index (χ1v) is 6.72. The largest absolute Gasteiger partial charge is 0.484 e. The zero-order valence-electron chi connectivity index (χ0n) is 10.5. The second kappa shape index (κ2) is 6.70. The molecule has 5 heteroatoms. The number of ether oxygens (including phenoxy) is 1. The fraction of sp³-hybridized carbons (Fsp3) is 0.143. The third kappa shape index (κ3) is 4.56. The molecule has 2 rings (SSSR count). The fourth-order valence-electron chi connectivity index (χ4n) is 1.34. The molecule has 1 N–H and O–H groups in total. The van der Waals surface area contributed by atoms with Crippen LogP contribution in [-0.2, 0) is 4.79 Å². The smallest absolute Gasteiger partial charge is 0.277 e. The number of benzene rings is 1. The zero-order chi connectivity index (χ0) is 13.5. The molecule has 0 unspecified atom stereocenters. The van der Waals surface area contributed by atoms with Crippen molar-refractivity contribution in [3.63, 3.8) is 0 Å². The summed E-state index contributed by atoms with van der Waals surface area (Å²) in [5.41, 5.74) is 4.53. The maximum atomic E-state index is 11.5. The lowest BCUT2D eigenvalue weighted by molar-refractivity contribution is -0.123. The summed E-state index contributed by atoms with van der Waals surface area (Å²) in [6, 6.07) is 9.45. The van der Waals surface area contributed by atoms with Crippen LogP contribution in [0.3, 0.4) is 0 Å². The van der Waals surface area contributed by atoms with Gasteiger partial charge >= 0.3 is 0 Å². The number of aryl methyl sites for hydroxylation is 1. The van der Waals surface area contributed by atoms with Gasteiger partial charge in [0.1, 0.15) is 5.75 Å². The van der Waals surface area contributed by atoms with Crippen molar-refractivity contribution in [3.05, 3.63) is 52.2 Å². The van der Waals surface area contributed by atoms with Crippen LogP contribution in [0.25, 0.3) is 0 Å². The number of carbonyl (C=O) groups is 1. The van der Waals surface area contributed by atoms with Gasteiger partial charge in [0, 0.05) is 5.56 Å². The molecule has 0 atom stereocenters. The van der Waals surface area contributed by atoms with Crippen molar-refractivity contribution in [1.29, 1.82) is 0 Å². The number of carbonyl (C=O) groups excluding carboxylic acids is 1. The van der Waals surface area contributed by atoms with E-state index in [4.69, 9.17) is 4.74 Å². The van der Waals surface area contributed by atoms with Crippen molar-refractivity contribution < 1.29 is 9.53 Å². The van der Waals surface area contributed by atoms with Crippen LogP contribution in [0.5, 0.6) is 5.75 Å². The molecule has 0 aliphatic rings. The Kier molecular flexibility index (Phi) is 4.69. The standard InChI is InChI=1S/C14H14N2O2S/c1-11-2-4-13(5-3-11)18-9-14(17)16-15-8-12-6-7-19-10-12/h2-8,10H,9H2,1H3,(H,16,17)/b15-8+. The Labute approximate surface area is 115 Å². The molecule has 2 aromatic rings. The fourth-order valence-corrected chi connectivity index (χ4v) is 1.95. The summed E-state index contributed by atoms with van der Waals surface area (Å²) in [6.45, 7) is 1.94. The second-order valence-corrected chi connectivity index (χ2v) is 4.73. The number of hydrazone groups is 1. The summed E-state index contributed by atoms with van der Waals surface area (Å²) in [6.07, 6.45) is 1.60. The lowest BCUT2D eigenvalue weighted by Crippen LogP contribution is -2.24. The van der Waals surface area contributed by atoms with E-state index >= 15 is 0 Å². The van der Waals surface area contributed by atoms with Crippen LogP contribution >= 0.6 is 11.3 Å². The lowest BCUT2D eigenvalue weighted by Gasteiger charge is -2.04. The third-order valence-electron chi connectivity index (χ3n) is 2.34. The maximum absolute atomic E-state index is 11.5. The summed E-state index contributed by atoms with van der Waals surface area (Å²) < 4.78 is 5.33. The number of nitrogens with zero attached hydrogens (tertiary/aromatic N) is 1. The molecule has 1 amide bonds. The van der Waals surface area contributed by atoms with Gasteiger partial charge in [-0.3, -0.25) is 4.79 Å². The molecule has 0 aliphatic heterocycles. The number of hydrogen-bond acceptors (Lipinski definition) is 4. The molecule has 0 aliphatic carbocycles. The van der Waals surface area contributed by atoms with Gasteiger partial charge in [0.2, 0.25) is 0 Å². The Balaban J connectivity index is 1.74. The SMILES string of the molecule is Cc1ccc(OCC(=O)N/N=C/c2ccsc2)cc1. The summed E-state index contributed by atoms with van der Waals surface area (Å²) in [4.78, 5) is 11.5. The number of thiophene rings is 1. The predicted octanol–water partition coefficient (Wildman–Crippen LogP) is 2.59. The van der Waals surface area contributed by atoms with Gasteiger partial charge in [-0.25, -0.2) is 5.43 Å². The van der Waals surface area contributed by atoms with Crippen LogP contribution in [0.15, 0.2) is 46.2 Å². The van der Waals surface area contributed by atoms with Crippen LogP contribution in [0.4, 0.5) is 0 Å². The number of hydrogen-bond donors (Lipinski definition) is 1. The van der Waals surface area contributed by atoms with Crippen molar-refractivity contribution in [3.8, 4) is 5.75 Å². The zero-order valence-corrected chi connectivity index (χ0v) is 11.3. The maximum Gasteiger partial charge on any atom is 0.277 e. The molecule has 0 spiro atoms. The van der Waals surface area contributed by atoms with Crippen molar-refractivity contribution >= 4 is 23.5 Å². The first kappa shape index (κ1) is 13.3. The molecule has 0 radical (unpaired) electrons. The monoisotopic (exact) mass is 274 g/mol. The van der Waals surface area contributed by atoms with E-state index < -0.39 is 0 Å². The van der Waals surface area contributed by atoms with Crippen LogP contribution in [0.2, 0.25) is 0 Å². The van der Waals surface area contributed by atoms with E-state index in [0.29, 0.717) is 5.75 Å². The minimum atomic E-state index is -0.285. The van der Waals surface area contributed by atoms with Gasteiger partial charge in [-0.2, -0.15) is 16.4 Å². The van der Waals surface area contributed by atoms with Crippen LogP contribution < -0.4 is 10.2 Å². The van der Waals surface area contributed by atoms with E-state index in [9.17, 15) is 4.79 Å². The first-order valence-electron chi connectivity index (χ1n) is 5.77. The van der Waals surface area contributed by atoms with Crippen LogP contribution in [0.1, 0.15) is 11.1 Å². The highest BCUT2D eigenvalue weighted by atomic mass is 32.1. The molecule has 0 bridgehead atoms. The highest BCUT2D eigenvalue weighted by molar-refractivity contribution is 7.08. The highest BCUT2D eigenvalue weighted by Crippen LogP contribution is 2.10. The van der Waals surface area contributed by atoms with E-state index in [2.05, 4.69) is 10.5 Å². The number of rotatable bonds is 5. The Hall–Kier alpha value is -2.14. The second-order valence-electron chi connectivity index (χ2n) is 3.95. The van der Waals surface area contributed by atoms with Crippen LogP contribution in [-0.4, -0.2) is 18.7 Å². The molecule has 1 aromatic heterocycles. The predicted molar refractivity (Wildman–Crippen MR) is 76.7 cm³/mol. The molecular formula is C14H14N2O2S. The van der Waals surface area contributed by atoms with Crippen molar-refractivity contribution in [2.24, 2.45) is 5.10 Å². The van der Waals surface area contributed by atoms with E-state index in [1.54, 1.807) is 17.6 Å². The molecule has 0 saturated heterocycles. The minimum absolute atomic E-state index is 0.0515. The average Bonchev–Trinajstić information content (AvgIpc) is 2.91. The van der Waals surface area contributed by atoms with Gasteiger partial charge in [0.15, 0.2) is 6.61 Å². The molecule has 1 aromatic carbocycles. The third-order valence-corrected chi connectivity index (χ3v) is 3.04. The highest BCUT2D eigenvalue weighted by Gasteiger charge is 2.00. The Morgan fingerprint density at radius 2 is 2.16 bits per heavy atom. The van der Waals surface area contributed by atoms with Crippen molar-refractivity contribution in [2.45, 2.75) is 6.92 Å². The molecular weight excluding hydrogens is 260 g/mol. The molecule has 1 heterocycles. The summed E-state index contributed by atoms with van der Waals surface area (Å²) in [7, 11) is 0. The molecule has 19 heavy (non-hydrogen) atoms. The lowest BCUT2D eigenvalue weighted by atomic mass is 10.2. The van der Waals surface area contributed by atoms with Crippen molar-refractivity contribution in [2.75, 3.05) is 6.61 Å². The molecule has 98 valence electrons. The number of nitrogens with one attached hydrogen (secondary N) is 1.